The molecule has 10 heteroatoms. The predicted octanol–water partition coefficient (Wildman–Crippen LogP) is 0.767. The van der Waals surface area contributed by atoms with E-state index in [2.05, 4.69) is 12.2 Å². The Kier molecular flexibility index (Phi) is 5.75. The number of carbonyl (C=O) groups excluding carboxylic acids is 3. The summed E-state index contributed by atoms with van der Waals surface area (Å²) >= 11 is 6.31. The molecule has 30 heavy (non-hydrogen) atoms. The van der Waals surface area contributed by atoms with Crippen molar-refractivity contribution in [2.75, 3.05) is 46.6 Å². The van der Waals surface area contributed by atoms with Crippen LogP contribution in [-0.2, 0) is 9.59 Å². The van der Waals surface area contributed by atoms with Crippen LogP contribution in [0.15, 0.2) is 12.1 Å². The van der Waals surface area contributed by atoms with Crippen LogP contribution in [0.5, 0.6) is 11.5 Å². The number of nitrogens with one attached hydrogen (secondary N) is 1. The minimum absolute atomic E-state index is 0.0130. The number of halogens is 1. The van der Waals surface area contributed by atoms with E-state index in [-0.39, 0.29) is 48.2 Å². The van der Waals surface area contributed by atoms with Crippen molar-refractivity contribution in [3.63, 3.8) is 0 Å². The third-order valence-corrected chi connectivity index (χ3v) is 6.07. The minimum atomic E-state index is -0.499. The lowest BCUT2D eigenvalue weighted by molar-refractivity contribution is -0.146. The molecule has 162 valence electrons. The average molecular weight is 437 g/mol. The number of nitrogens with zero attached hydrogens (tertiary/aromatic N) is 3. The molecule has 0 aromatic heterocycles. The van der Waals surface area contributed by atoms with Gasteiger partial charge in [0.1, 0.15) is 19.3 Å². The quantitative estimate of drug-likeness (QED) is 0.708. The number of benzene rings is 1. The molecule has 3 aliphatic heterocycles. The topological polar surface area (TPSA) is 91.4 Å². The van der Waals surface area contributed by atoms with E-state index in [9.17, 15) is 14.4 Å². The van der Waals surface area contributed by atoms with Gasteiger partial charge in [-0.05, 0) is 32.0 Å². The molecule has 0 spiro atoms. The zero-order valence-corrected chi connectivity index (χ0v) is 17.8. The van der Waals surface area contributed by atoms with Crippen molar-refractivity contribution >= 4 is 29.3 Å². The standard InChI is InChI=1S/C20H25ClN4O5/c1-12(3-4-22-2)7-23-8-17-24(9-18(23)26)19(27)10-25(17)20(28)13-5-15-16(6-14(13)21)30-11-29-15/h5-6,12,17,22H,3-4,7-11H2,1-2H3. The van der Waals surface area contributed by atoms with Gasteiger partial charge in [0.2, 0.25) is 18.6 Å². The predicted molar refractivity (Wildman–Crippen MR) is 108 cm³/mol. The molecule has 2 saturated heterocycles. The van der Waals surface area contributed by atoms with E-state index in [1.54, 1.807) is 17.0 Å². The number of rotatable bonds is 6. The summed E-state index contributed by atoms with van der Waals surface area (Å²) in [6.45, 7) is 3.82. The first-order chi connectivity index (χ1) is 14.4. The van der Waals surface area contributed by atoms with E-state index >= 15 is 0 Å². The highest BCUT2D eigenvalue weighted by Gasteiger charge is 2.46. The molecule has 3 aliphatic rings. The van der Waals surface area contributed by atoms with Crippen molar-refractivity contribution in [2.24, 2.45) is 5.92 Å². The van der Waals surface area contributed by atoms with Crippen molar-refractivity contribution in [1.29, 1.82) is 0 Å². The fraction of sp³-hybridized carbons (Fsp3) is 0.550. The summed E-state index contributed by atoms with van der Waals surface area (Å²) in [5, 5.41) is 3.35. The highest BCUT2D eigenvalue weighted by atomic mass is 35.5. The summed E-state index contributed by atoms with van der Waals surface area (Å²) in [4.78, 5) is 43.1. The Morgan fingerprint density at radius 1 is 1.23 bits per heavy atom. The first-order valence-electron chi connectivity index (χ1n) is 10.0. The zero-order valence-electron chi connectivity index (χ0n) is 17.0. The molecule has 2 atom stereocenters. The van der Waals surface area contributed by atoms with Crippen molar-refractivity contribution in [3.8, 4) is 11.5 Å². The molecule has 2 fully saturated rings. The van der Waals surface area contributed by atoms with E-state index in [0.29, 0.717) is 30.5 Å². The van der Waals surface area contributed by atoms with Gasteiger partial charge in [-0.25, -0.2) is 0 Å². The highest BCUT2D eigenvalue weighted by Crippen LogP contribution is 2.38. The van der Waals surface area contributed by atoms with Crippen molar-refractivity contribution in [3.05, 3.63) is 22.7 Å². The van der Waals surface area contributed by atoms with Gasteiger partial charge in [-0.15, -0.1) is 0 Å². The molecule has 3 amide bonds. The van der Waals surface area contributed by atoms with Crippen LogP contribution in [0.1, 0.15) is 23.7 Å². The first kappa shape index (κ1) is 20.7. The van der Waals surface area contributed by atoms with Crippen LogP contribution < -0.4 is 14.8 Å². The zero-order chi connectivity index (χ0) is 21.4. The summed E-state index contributed by atoms with van der Waals surface area (Å²) in [5.41, 5.74) is 0.251. The number of ether oxygens (including phenoxy) is 2. The van der Waals surface area contributed by atoms with E-state index in [1.807, 2.05) is 7.05 Å². The van der Waals surface area contributed by atoms with Crippen LogP contribution in [0.3, 0.4) is 0 Å². The summed E-state index contributed by atoms with van der Waals surface area (Å²) in [5.74, 6) is 0.548. The van der Waals surface area contributed by atoms with Gasteiger partial charge >= 0.3 is 0 Å². The first-order valence-corrected chi connectivity index (χ1v) is 10.4. The molecule has 4 rings (SSSR count). The van der Waals surface area contributed by atoms with E-state index in [0.717, 1.165) is 13.0 Å². The third kappa shape index (κ3) is 3.79. The Labute approximate surface area is 179 Å². The molecule has 1 N–H and O–H groups in total. The second-order valence-corrected chi connectivity index (χ2v) is 8.32. The molecule has 0 saturated carbocycles. The lowest BCUT2D eigenvalue weighted by Crippen LogP contribution is -2.59. The van der Waals surface area contributed by atoms with E-state index in [1.165, 1.54) is 9.80 Å². The number of fused-ring (bicyclic) bond motifs is 2. The molecule has 2 unspecified atom stereocenters. The molecule has 1 aromatic rings. The Morgan fingerprint density at radius 3 is 2.70 bits per heavy atom. The molecular weight excluding hydrogens is 412 g/mol. The maximum Gasteiger partial charge on any atom is 0.257 e. The number of hydrogen-bond acceptors (Lipinski definition) is 6. The van der Waals surface area contributed by atoms with Crippen LogP contribution in [0.4, 0.5) is 0 Å². The van der Waals surface area contributed by atoms with Gasteiger partial charge in [-0.3, -0.25) is 14.4 Å². The van der Waals surface area contributed by atoms with E-state index < -0.39 is 6.17 Å². The summed E-state index contributed by atoms with van der Waals surface area (Å²) in [7, 11) is 1.89. The SMILES string of the molecule is CNCCC(C)CN1CC2N(CC1=O)C(=O)CN2C(=O)c1cc2c(cc1Cl)OCO2. The van der Waals surface area contributed by atoms with E-state index in [4.69, 9.17) is 21.1 Å². The minimum Gasteiger partial charge on any atom is -0.454 e. The number of piperazine rings is 1. The fourth-order valence-electron chi connectivity index (χ4n) is 4.09. The van der Waals surface area contributed by atoms with Gasteiger partial charge in [-0.1, -0.05) is 18.5 Å². The average Bonchev–Trinajstić information content (AvgIpc) is 3.29. The van der Waals surface area contributed by atoms with Crippen LogP contribution in [-0.4, -0.2) is 85.2 Å². The van der Waals surface area contributed by atoms with Gasteiger partial charge in [0.25, 0.3) is 5.91 Å². The van der Waals surface area contributed by atoms with Gasteiger partial charge in [-0.2, -0.15) is 0 Å². The number of carbonyl (C=O) groups is 3. The van der Waals surface area contributed by atoms with Crippen molar-refractivity contribution in [2.45, 2.75) is 19.5 Å². The summed E-state index contributed by atoms with van der Waals surface area (Å²) in [6, 6.07) is 3.10. The van der Waals surface area contributed by atoms with Crippen molar-refractivity contribution < 1.29 is 23.9 Å². The molecular formula is C20H25ClN4O5. The largest absolute Gasteiger partial charge is 0.454 e. The molecule has 0 bridgehead atoms. The third-order valence-electron chi connectivity index (χ3n) is 5.76. The molecule has 0 radical (unpaired) electrons. The van der Waals surface area contributed by atoms with Gasteiger partial charge < -0.3 is 29.5 Å². The van der Waals surface area contributed by atoms with Crippen molar-refractivity contribution in [1.82, 2.24) is 20.0 Å². The lowest BCUT2D eigenvalue weighted by Gasteiger charge is -2.40. The van der Waals surface area contributed by atoms with Crippen LogP contribution in [0.25, 0.3) is 0 Å². The molecule has 1 aromatic carbocycles. The maximum atomic E-state index is 13.3. The Hall–Kier alpha value is -2.52. The van der Waals surface area contributed by atoms with Gasteiger partial charge in [0.05, 0.1) is 17.1 Å². The highest BCUT2D eigenvalue weighted by molar-refractivity contribution is 6.34. The smallest absolute Gasteiger partial charge is 0.257 e. The maximum absolute atomic E-state index is 13.3. The van der Waals surface area contributed by atoms with Gasteiger partial charge in [0.15, 0.2) is 11.5 Å². The molecule has 0 aliphatic carbocycles. The monoisotopic (exact) mass is 436 g/mol. The number of hydrogen-bond donors (Lipinski definition) is 1. The van der Waals surface area contributed by atoms with Crippen LogP contribution >= 0.6 is 11.6 Å². The Morgan fingerprint density at radius 2 is 1.97 bits per heavy atom. The Balaban J connectivity index is 1.53. The normalized spacial score (nSPS) is 21.3. The second-order valence-electron chi connectivity index (χ2n) is 7.92. The Bertz CT molecular complexity index is 879. The molecule has 9 nitrogen and oxygen atoms in total. The number of amides is 3. The molecule has 3 heterocycles. The van der Waals surface area contributed by atoms with Crippen LogP contribution in [0.2, 0.25) is 5.02 Å². The summed E-state index contributed by atoms with van der Waals surface area (Å²) in [6.07, 6.45) is 0.434. The summed E-state index contributed by atoms with van der Waals surface area (Å²) < 4.78 is 10.6. The lowest BCUT2D eigenvalue weighted by atomic mass is 10.1. The fourth-order valence-corrected chi connectivity index (χ4v) is 4.32. The van der Waals surface area contributed by atoms with Gasteiger partial charge in [0, 0.05) is 12.6 Å². The second kappa shape index (κ2) is 8.31. The van der Waals surface area contributed by atoms with Crippen LogP contribution in [0, 0.1) is 5.92 Å².